The fraction of sp³-hybridized carbons (Fsp3) is 0.846. The molecule has 1 aromatic rings. The molecule has 0 N–H and O–H groups in total. The normalized spacial score (nSPS) is 11.6. The van der Waals surface area contributed by atoms with E-state index >= 15 is 0 Å². The lowest BCUT2D eigenvalue weighted by molar-refractivity contribution is 0.478. The lowest BCUT2D eigenvalue weighted by atomic mass is 10.1. The highest BCUT2D eigenvalue weighted by Crippen LogP contribution is 2.08. The van der Waals surface area contributed by atoms with E-state index in [9.17, 15) is 0 Å². The molecule has 3 heteroatoms. The van der Waals surface area contributed by atoms with Gasteiger partial charge in [-0.15, -0.1) is 5.10 Å². The minimum Gasteiger partial charge on any atom is -0.252 e. The Labute approximate surface area is 99.2 Å². The maximum Gasteiger partial charge on any atom is 0.0827 e. The summed E-state index contributed by atoms with van der Waals surface area (Å²) in [6, 6.07) is 0. The number of aromatic nitrogens is 3. The molecule has 16 heavy (non-hydrogen) atoms. The van der Waals surface area contributed by atoms with Crippen LogP contribution in [-0.4, -0.2) is 15.0 Å². The standard InChI is InChI=1S/C13H25N3/c1-11(2)6-5-7-13-10-16(15-14-13)9-8-12(3)4/h10-12H,5-9H2,1-4H3. The first kappa shape index (κ1) is 13.2. The van der Waals surface area contributed by atoms with Crippen molar-refractivity contribution in [3.8, 4) is 0 Å². The second-order valence-corrected chi connectivity index (χ2v) is 5.44. The first-order chi connectivity index (χ1) is 7.58. The van der Waals surface area contributed by atoms with E-state index in [1.165, 1.54) is 19.3 Å². The summed E-state index contributed by atoms with van der Waals surface area (Å²) < 4.78 is 1.98. The van der Waals surface area contributed by atoms with Crippen LogP contribution in [-0.2, 0) is 13.0 Å². The summed E-state index contributed by atoms with van der Waals surface area (Å²) in [6.45, 7) is 9.99. The van der Waals surface area contributed by atoms with E-state index in [0.717, 1.165) is 30.5 Å². The van der Waals surface area contributed by atoms with Crippen LogP contribution in [0.1, 0.15) is 52.7 Å². The Morgan fingerprint density at radius 1 is 1.12 bits per heavy atom. The monoisotopic (exact) mass is 223 g/mol. The highest BCUT2D eigenvalue weighted by molar-refractivity contribution is 4.92. The van der Waals surface area contributed by atoms with Gasteiger partial charge in [0, 0.05) is 12.7 Å². The van der Waals surface area contributed by atoms with E-state index in [0.29, 0.717) is 0 Å². The Kier molecular flexibility index (Phi) is 5.50. The number of hydrogen-bond acceptors (Lipinski definition) is 2. The van der Waals surface area contributed by atoms with Crippen molar-refractivity contribution < 1.29 is 0 Å². The number of rotatable bonds is 7. The first-order valence-electron chi connectivity index (χ1n) is 6.47. The Morgan fingerprint density at radius 2 is 1.81 bits per heavy atom. The molecule has 0 amide bonds. The summed E-state index contributed by atoms with van der Waals surface area (Å²) in [6.07, 6.45) is 6.84. The minimum absolute atomic E-state index is 0.730. The summed E-state index contributed by atoms with van der Waals surface area (Å²) in [5, 5.41) is 8.36. The zero-order chi connectivity index (χ0) is 12.0. The molecule has 0 saturated heterocycles. The minimum atomic E-state index is 0.730. The van der Waals surface area contributed by atoms with E-state index in [1.54, 1.807) is 0 Å². The van der Waals surface area contributed by atoms with Crippen molar-refractivity contribution in [3.63, 3.8) is 0 Å². The molecule has 0 bridgehead atoms. The van der Waals surface area contributed by atoms with Gasteiger partial charge in [-0.3, -0.25) is 4.68 Å². The summed E-state index contributed by atoms with van der Waals surface area (Å²) in [7, 11) is 0. The molecule has 0 fully saturated rings. The van der Waals surface area contributed by atoms with Crippen LogP contribution in [0.25, 0.3) is 0 Å². The molecule has 1 heterocycles. The molecule has 0 spiro atoms. The fourth-order valence-corrected chi connectivity index (χ4v) is 1.64. The molecule has 1 aromatic heterocycles. The van der Waals surface area contributed by atoms with Crippen LogP contribution in [0, 0.1) is 11.8 Å². The third kappa shape index (κ3) is 5.29. The van der Waals surface area contributed by atoms with Crippen molar-refractivity contribution >= 4 is 0 Å². The maximum absolute atomic E-state index is 4.20. The predicted octanol–water partition coefficient (Wildman–Crippen LogP) is 3.30. The SMILES string of the molecule is CC(C)CCCc1cn(CCC(C)C)nn1. The van der Waals surface area contributed by atoms with Crippen LogP contribution in [0.3, 0.4) is 0 Å². The van der Waals surface area contributed by atoms with Crippen LogP contribution in [0.15, 0.2) is 6.20 Å². The third-order valence-electron chi connectivity index (χ3n) is 2.74. The van der Waals surface area contributed by atoms with Gasteiger partial charge in [-0.25, -0.2) is 0 Å². The molecule has 0 saturated carbocycles. The summed E-state index contributed by atoms with van der Waals surface area (Å²) in [5.41, 5.74) is 1.14. The fourth-order valence-electron chi connectivity index (χ4n) is 1.64. The van der Waals surface area contributed by atoms with Crippen molar-refractivity contribution in [2.24, 2.45) is 11.8 Å². The van der Waals surface area contributed by atoms with Gasteiger partial charge >= 0.3 is 0 Å². The van der Waals surface area contributed by atoms with Crippen LogP contribution < -0.4 is 0 Å². The molecule has 1 rings (SSSR count). The van der Waals surface area contributed by atoms with E-state index in [4.69, 9.17) is 0 Å². The van der Waals surface area contributed by atoms with Crippen LogP contribution in [0.2, 0.25) is 0 Å². The van der Waals surface area contributed by atoms with Gasteiger partial charge < -0.3 is 0 Å². The molecule has 0 aliphatic heterocycles. The molecular formula is C13H25N3. The zero-order valence-corrected chi connectivity index (χ0v) is 11.1. The average Bonchev–Trinajstić information content (AvgIpc) is 2.62. The average molecular weight is 223 g/mol. The third-order valence-corrected chi connectivity index (χ3v) is 2.74. The molecule has 0 unspecified atom stereocenters. The second kappa shape index (κ2) is 6.66. The molecule has 0 radical (unpaired) electrons. The molecular weight excluding hydrogens is 198 g/mol. The Bertz CT molecular complexity index is 289. The van der Waals surface area contributed by atoms with E-state index in [-0.39, 0.29) is 0 Å². The number of nitrogens with zero attached hydrogens (tertiary/aromatic N) is 3. The summed E-state index contributed by atoms with van der Waals surface area (Å²) in [5.74, 6) is 1.52. The van der Waals surface area contributed by atoms with E-state index in [2.05, 4.69) is 44.2 Å². The Balaban J connectivity index is 2.28. The van der Waals surface area contributed by atoms with Gasteiger partial charge in [0.15, 0.2) is 0 Å². The largest absolute Gasteiger partial charge is 0.252 e. The highest BCUT2D eigenvalue weighted by Gasteiger charge is 2.02. The lowest BCUT2D eigenvalue weighted by Gasteiger charge is -2.03. The van der Waals surface area contributed by atoms with Gasteiger partial charge in [0.05, 0.1) is 5.69 Å². The molecule has 0 aliphatic carbocycles. The summed E-state index contributed by atoms with van der Waals surface area (Å²) >= 11 is 0. The van der Waals surface area contributed by atoms with Gasteiger partial charge in [0.25, 0.3) is 0 Å². The molecule has 0 aliphatic rings. The van der Waals surface area contributed by atoms with Crippen LogP contribution >= 0.6 is 0 Å². The lowest BCUT2D eigenvalue weighted by Crippen LogP contribution is -2.01. The topological polar surface area (TPSA) is 30.7 Å². The number of hydrogen-bond donors (Lipinski definition) is 0. The van der Waals surface area contributed by atoms with Gasteiger partial charge in [-0.1, -0.05) is 39.3 Å². The predicted molar refractivity (Wildman–Crippen MR) is 67.3 cm³/mol. The smallest absolute Gasteiger partial charge is 0.0827 e. The molecule has 0 atom stereocenters. The van der Waals surface area contributed by atoms with Crippen LogP contribution in [0.5, 0.6) is 0 Å². The van der Waals surface area contributed by atoms with E-state index in [1.807, 2.05) is 4.68 Å². The van der Waals surface area contributed by atoms with Gasteiger partial charge in [-0.05, 0) is 31.1 Å². The van der Waals surface area contributed by atoms with Crippen molar-refractivity contribution in [3.05, 3.63) is 11.9 Å². The van der Waals surface area contributed by atoms with Gasteiger partial charge in [-0.2, -0.15) is 0 Å². The Morgan fingerprint density at radius 3 is 2.44 bits per heavy atom. The zero-order valence-electron chi connectivity index (χ0n) is 11.1. The van der Waals surface area contributed by atoms with Crippen molar-refractivity contribution in [2.45, 2.75) is 59.9 Å². The van der Waals surface area contributed by atoms with Gasteiger partial charge in [0.2, 0.25) is 0 Å². The molecule has 3 nitrogen and oxygen atoms in total. The first-order valence-corrected chi connectivity index (χ1v) is 6.47. The summed E-state index contributed by atoms with van der Waals surface area (Å²) in [4.78, 5) is 0. The molecule has 0 aromatic carbocycles. The van der Waals surface area contributed by atoms with Crippen LogP contribution in [0.4, 0.5) is 0 Å². The highest BCUT2D eigenvalue weighted by atomic mass is 15.4. The van der Waals surface area contributed by atoms with Crippen molar-refractivity contribution in [1.82, 2.24) is 15.0 Å². The van der Waals surface area contributed by atoms with Crippen molar-refractivity contribution in [1.29, 1.82) is 0 Å². The van der Waals surface area contributed by atoms with Crippen molar-refractivity contribution in [2.75, 3.05) is 0 Å². The van der Waals surface area contributed by atoms with E-state index < -0.39 is 0 Å². The van der Waals surface area contributed by atoms with Gasteiger partial charge in [0.1, 0.15) is 0 Å². The Hall–Kier alpha value is -0.860. The maximum atomic E-state index is 4.20. The molecule has 92 valence electrons. The second-order valence-electron chi connectivity index (χ2n) is 5.44. The number of aryl methyl sites for hydroxylation is 2. The quantitative estimate of drug-likeness (QED) is 0.710.